The molecule has 1 unspecified atom stereocenters. The molecular formula is C29H54O5Si2. The fourth-order valence-electron chi connectivity index (χ4n) is 8.21. The molecule has 0 aromatic heterocycles. The van der Waals surface area contributed by atoms with Crippen molar-refractivity contribution in [3.63, 3.8) is 0 Å². The molecule has 0 radical (unpaired) electrons. The summed E-state index contributed by atoms with van der Waals surface area (Å²) in [4.78, 5) is 0. The van der Waals surface area contributed by atoms with E-state index >= 15 is 0 Å². The third kappa shape index (κ3) is 4.10. The number of hydrogen-bond acceptors (Lipinski definition) is 5. The van der Waals surface area contributed by atoms with Crippen molar-refractivity contribution in [2.75, 3.05) is 0 Å². The van der Waals surface area contributed by atoms with Crippen molar-refractivity contribution >= 4 is 16.6 Å². The Bertz CT molecular complexity index is 929. The molecule has 4 aliphatic rings. The lowest BCUT2D eigenvalue weighted by Gasteiger charge is -2.56. The summed E-state index contributed by atoms with van der Waals surface area (Å²) >= 11 is 0. The van der Waals surface area contributed by atoms with Gasteiger partial charge in [-0.3, -0.25) is 0 Å². The van der Waals surface area contributed by atoms with E-state index in [-0.39, 0.29) is 40.7 Å². The minimum atomic E-state index is -2.23. The maximum atomic E-state index is 12.4. The molecule has 3 N–H and O–H groups in total. The van der Waals surface area contributed by atoms with Crippen LogP contribution in [0.1, 0.15) is 68.2 Å². The summed E-state index contributed by atoms with van der Waals surface area (Å²) in [5, 5.41) is 35.7. The topological polar surface area (TPSA) is 79.2 Å². The molecule has 0 aromatic rings. The standard InChI is InChI=1S/C29H54O5Si2/c1-17-14-19-21(26(19,6)7)22-23(33-36(12,13)25(3,4)5)18(2)24(30)28(32)16-27(8,31)15-20(28)29(17,22)34-35(9,10)11/h15,17-19,21-24,30-32H,14,16H2,1-13H3/t17-,18+,19-,21?,22-,23-,24-,27-,28+,29+/m1/s1. The van der Waals surface area contributed by atoms with Gasteiger partial charge in [-0.25, -0.2) is 0 Å². The highest BCUT2D eigenvalue weighted by Gasteiger charge is 2.77. The zero-order chi connectivity index (χ0) is 27.7. The number of hydrogen-bond donors (Lipinski definition) is 3. The Morgan fingerprint density at radius 3 is 2.03 bits per heavy atom. The molecule has 0 aliphatic heterocycles. The third-order valence-corrected chi connectivity index (χ3v) is 16.3. The van der Waals surface area contributed by atoms with Crippen LogP contribution in [0.25, 0.3) is 0 Å². The van der Waals surface area contributed by atoms with Crippen LogP contribution in [-0.2, 0) is 8.85 Å². The van der Waals surface area contributed by atoms with Crippen LogP contribution in [0.4, 0.5) is 0 Å². The van der Waals surface area contributed by atoms with Gasteiger partial charge in [0.2, 0.25) is 0 Å². The Morgan fingerprint density at radius 2 is 1.53 bits per heavy atom. The lowest BCUT2D eigenvalue weighted by molar-refractivity contribution is -0.108. The molecule has 4 rings (SSSR count). The Hall–Kier alpha value is -0.0262. The van der Waals surface area contributed by atoms with Gasteiger partial charge in [-0.1, -0.05) is 48.5 Å². The molecule has 10 atom stereocenters. The van der Waals surface area contributed by atoms with E-state index in [1.165, 1.54) is 0 Å². The van der Waals surface area contributed by atoms with Crippen molar-refractivity contribution in [3.8, 4) is 0 Å². The summed E-state index contributed by atoms with van der Waals surface area (Å²) < 4.78 is 14.7. The van der Waals surface area contributed by atoms with E-state index in [0.717, 1.165) is 12.0 Å². The Labute approximate surface area is 222 Å². The summed E-state index contributed by atoms with van der Waals surface area (Å²) in [6.45, 7) is 28.9. The minimum absolute atomic E-state index is 0.000856. The highest BCUT2D eigenvalue weighted by atomic mass is 28.4. The van der Waals surface area contributed by atoms with Crippen molar-refractivity contribution in [2.45, 2.75) is 135 Å². The summed E-state index contributed by atoms with van der Waals surface area (Å²) in [6, 6.07) is 0. The molecular weight excluding hydrogens is 484 g/mol. The number of fused-ring (bicyclic) bond motifs is 5. The first-order valence-corrected chi connectivity index (χ1v) is 20.5. The van der Waals surface area contributed by atoms with E-state index in [0.29, 0.717) is 11.8 Å². The smallest absolute Gasteiger partial charge is 0.192 e. The van der Waals surface area contributed by atoms with Crippen LogP contribution in [-0.4, -0.2) is 61.0 Å². The molecule has 5 nitrogen and oxygen atoms in total. The fraction of sp³-hybridized carbons (Fsp3) is 0.931. The molecule has 36 heavy (non-hydrogen) atoms. The molecule has 3 fully saturated rings. The molecule has 0 heterocycles. The van der Waals surface area contributed by atoms with Gasteiger partial charge in [-0.15, -0.1) is 0 Å². The normalized spacial score (nSPS) is 48.4. The lowest BCUT2D eigenvalue weighted by Crippen LogP contribution is -2.62. The van der Waals surface area contributed by atoms with Crippen LogP contribution in [0.3, 0.4) is 0 Å². The van der Waals surface area contributed by atoms with Gasteiger partial charge in [0, 0.05) is 18.3 Å². The van der Waals surface area contributed by atoms with Gasteiger partial charge in [-0.2, -0.15) is 0 Å². The maximum Gasteiger partial charge on any atom is 0.192 e. The van der Waals surface area contributed by atoms with E-state index in [2.05, 4.69) is 81.2 Å². The summed E-state index contributed by atoms with van der Waals surface area (Å²) in [5.74, 6) is 0.774. The lowest BCUT2D eigenvalue weighted by atomic mass is 9.62. The predicted octanol–water partition coefficient (Wildman–Crippen LogP) is 5.72. The average Bonchev–Trinajstić information content (AvgIpc) is 3.08. The Kier molecular flexibility index (Phi) is 6.45. The molecule has 3 saturated carbocycles. The van der Waals surface area contributed by atoms with Crippen LogP contribution >= 0.6 is 0 Å². The second-order valence-electron chi connectivity index (χ2n) is 16.3. The number of aliphatic hydroxyl groups excluding tert-OH is 1. The SMILES string of the molecule is C[C@H]1[C@@H](O[Si](C)(C)C(C)(C)C)[C@H]2C3[C@@H](C[C@@H](C)[C@]2(O[Si](C)(C)C)C2=C[C@@](C)(O)C[C@@]2(O)[C@@H]1O)C3(C)C. The summed E-state index contributed by atoms with van der Waals surface area (Å²) in [7, 11) is -4.38. The van der Waals surface area contributed by atoms with Crippen molar-refractivity contribution in [3.05, 3.63) is 11.6 Å². The van der Waals surface area contributed by atoms with Gasteiger partial charge in [-0.05, 0) is 85.9 Å². The van der Waals surface area contributed by atoms with Crippen molar-refractivity contribution in [1.29, 1.82) is 0 Å². The average molecular weight is 539 g/mol. The zero-order valence-electron chi connectivity index (χ0n) is 25.2. The Balaban J connectivity index is 2.03. The van der Waals surface area contributed by atoms with Crippen LogP contribution in [0.15, 0.2) is 11.6 Å². The molecule has 0 bridgehead atoms. The van der Waals surface area contributed by atoms with E-state index in [1.54, 1.807) is 6.92 Å². The van der Waals surface area contributed by atoms with Crippen molar-refractivity contribution in [1.82, 2.24) is 0 Å². The zero-order valence-corrected chi connectivity index (χ0v) is 27.2. The second kappa shape index (κ2) is 8.01. The fourth-order valence-corrected chi connectivity index (χ4v) is 11.1. The minimum Gasteiger partial charge on any atom is -0.413 e. The van der Waals surface area contributed by atoms with Gasteiger partial charge in [0.25, 0.3) is 0 Å². The Morgan fingerprint density at radius 1 is 0.972 bits per heavy atom. The van der Waals surface area contributed by atoms with E-state index < -0.39 is 39.5 Å². The van der Waals surface area contributed by atoms with Gasteiger partial charge in [0.05, 0.1) is 23.4 Å². The highest BCUT2D eigenvalue weighted by Crippen LogP contribution is 2.75. The van der Waals surface area contributed by atoms with Crippen LogP contribution < -0.4 is 0 Å². The van der Waals surface area contributed by atoms with Gasteiger partial charge in [0.15, 0.2) is 16.6 Å². The molecule has 7 heteroatoms. The van der Waals surface area contributed by atoms with Crippen LogP contribution in [0.5, 0.6) is 0 Å². The number of rotatable bonds is 4. The first kappa shape index (κ1) is 29.0. The maximum absolute atomic E-state index is 12.4. The largest absolute Gasteiger partial charge is 0.413 e. The van der Waals surface area contributed by atoms with Gasteiger partial charge >= 0.3 is 0 Å². The van der Waals surface area contributed by atoms with Crippen molar-refractivity contribution in [2.24, 2.45) is 35.0 Å². The number of aliphatic hydroxyl groups is 3. The first-order chi connectivity index (χ1) is 15.9. The molecule has 0 aromatic carbocycles. The summed E-state index contributed by atoms with van der Waals surface area (Å²) in [5.41, 5.74) is -2.66. The van der Waals surface area contributed by atoms with E-state index in [4.69, 9.17) is 8.85 Å². The monoisotopic (exact) mass is 538 g/mol. The quantitative estimate of drug-likeness (QED) is 0.315. The van der Waals surface area contributed by atoms with E-state index in [9.17, 15) is 15.3 Å². The van der Waals surface area contributed by atoms with Gasteiger partial charge in [0.1, 0.15) is 5.60 Å². The van der Waals surface area contributed by atoms with Crippen LogP contribution in [0.2, 0.25) is 37.8 Å². The molecule has 208 valence electrons. The predicted molar refractivity (Wildman–Crippen MR) is 151 cm³/mol. The molecule has 0 saturated heterocycles. The summed E-state index contributed by atoms with van der Waals surface area (Å²) in [6.07, 6.45) is 1.67. The second-order valence-corrected chi connectivity index (χ2v) is 25.5. The van der Waals surface area contributed by atoms with Crippen LogP contribution in [0, 0.1) is 35.0 Å². The first-order valence-electron chi connectivity index (χ1n) is 14.2. The molecule has 4 aliphatic carbocycles. The third-order valence-electron chi connectivity index (χ3n) is 10.9. The molecule has 0 amide bonds. The van der Waals surface area contributed by atoms with Gasteiger partial charge < -0.3 is 24.2 Å². The molecule has 0 spiro atoms. The van der Waals surface area contributed by atoms with Crippen molar-refractivity contribution < 1.29 is 24.2 Å². The van der Waals surface area contributed by atoms with E-state index in [1.807, 2.05) is 6.08 Å². The highest BCUT2D eigenvalue weighted by molar-refractivity contribution is 6.74.